The molecule has 0 unspecified atom stereocenters. The number of hydrogen-bond donors (Lipinski definition) is 2. The standard InChI is InChI=1S/C24H25ClN2O5S/c1-31-22-15-21(23(32-2)14-20(22)25)27-24(28)13-10-17-8-11-19(12-9-17)33(29,30)26-16-18-6-4-3-5-7-18/h3-9,11-12,14-15,26H,10,13,16H2,1-2H3,(H,27,28). The van der Waals surface area contributed by atoms with Gasteiger partial charge in [-0.15, -0.1) is 0 Å². The SMILES string of the molecule is COc1cc(NC(=O)CCc2ccc(S(=O)(=O)NCc3ccccc3)cc2)c(OC)cc1Cl. The zero-order valence-electron chi connectivity index (χ0n) is 18.3. The summed E-state index contributed by atoms with van der Waals surface area (Å²) >= 11 is 6.09. The lowest BCUT2D eigenvalue weighted by Gasteiger charge is -2.13. The highest BCUT2D eigenvalue weighted by molar-refractivity contribution is 7.89. The van der Waals surface area contributed by atoms with Gasteiger partial charge in [0.15, 0.2) is 0 Å². The van der Waals surface area contributed by atoms with Crippen LogP contribution in [-0.2, 0) is 27.8 Å². The fourth-order valence-corrected chi connectivity index (χ4v) is 4.37. The summed E-state index contributed by atoms with van der Waals surface area (Å²) in [6, 6.07) is 18.9. The Morgan fingerprint density at radius 1 is 0.909 bits per heavy atom. The first kappa shape index (κ1) is 24.6. The number of carbonyl (C=O) groups excluding carboxylic acids is 1. The molecule has 1 amide bonds. The lowest BCUT2D eigenvalue weighted by molar-refractivity contribution is -0.116. The first-order chi connectivity index (χ1) is 15.8. The maximum atomic E-state index is 12.5. The van der Waals surface area contributed by atoms with E-state index in [-0.39, 0.29) is 23.8 Å². The van der Waals surface area contributed by atoms with Crippen LogP contribution in [0, 0.1) is 0 Å². The summed E-state index contributed by atoms with van der Waals surface area (Å²) in [7, 11) is -0.660. The largest absolute Gasteiger partial charge is 0.495 e. The van der Waals surface area contributed by atoms with E-state index in [1.165, 1.54) is 26.4 Å². The molecule has 0 fully saturated rings. The van der Waals surface area contributed by atoms with Crippen LogP contribution in [0.2, 0.25) is 5.02 Å². The number of methoxy groups -OCH3 is 2. The van der Waals surface area contributed by atoms with Crippen molar-refractivity contribution in [1.29, 1.82) is 0 Å². The van der Waals surface area contributed by atoms with E-state index in [9.17, 15) is 13.2 Å². The fourth-order valence-electron chi connectivity index (χ4n) is 3.12. The lowest BCUT2D eigenvalue weighted by atomic mass is 10.1. The van der Waals surface area contributed by atoms with Crippen molar-refractivity contribution in [3.8, 4) is 11.5 Å². The maximum absolute atomic E-state index is 12.5. The third kappa shape index (κ3) is 6.71. The van der Waals surface area contributed by atoms with Gasteiger partial charge in [-0.25, -0.2) is 13.1 Å². The zero-order valence-corrected chi connectivity index (χ0v) is 19.9. The highest BCUT2D eigenvalue weighted by Gasteiger charge is 2.15. The first-order valence-corrected chi connectivity index (χ1v) is 12.0. The van der Waals surface area contributed by atoms with Crippen LogP contribution < -0.4 is 19.5 Å². The number of carbonyl (C=O) groups is 1. The molecule has 0 aliphatic carbocycles. The van der Waals surface area contributed by atoms with E-state index in [4.69, 9.17) is 21.1 Å². The normalized spacial score (nSPS) is 11.1. The topological polar surface area (TPSA) is 93.7 Å². The first-order valence-electron chi connectivity index (χ1n) is 10.2. The van der Waals surface area contributed by atoms with Gasteiger partial charge < -0.3 is 14.8 Å². The lowest BCUT2D eigenvalue weighted by Crippen LogP contribution is -2.23. The minimum absolute atomic E-state index is 0.171. The van der Waals surface area contributed by atoms with Crippen molar-refractivity contribution in [3.05, 3.63) is 82.9 Å². The molecule has 0 saturated carbocycles. The van der Waals surface area contributed by atoms with Crippen LogP contribution in [0.5, 0.6) is 11.5 Å². The predicted molar refractivity (Wildman–Crippen MR) is 128 cm³/mol. The molecule has 3 rings (SSSR count). The highest BCUT2D eigenvalue weighted by atomic mass is 35.5. The summed E-state index contributed by atoms with van der Waals surface area (Å²) in [6.07, 6.45) is 0.642. The smallest absolute Gasteiger partial charge is 0.240 e. The average Bonchev–Trinajstić information content (AvgIpc) is 2.83. The number of anilines is 1. The minimum Gasteiger partial charge on any atom is -0.495 e. The monoisotopic (exact) mass is 488 g/mol. The number of benzene rings is 3. The van der Waals surface area contributed by atoms with Gasteiger partial charge in [-0.3, -0.25) is 4.79 Å². The zero-order chi connectivity index (χ0) is 23.8. The van der Waals surface area contributed by atoms with E-state index >= 15 is 0 Å². The van der Waals surface area contributed by atoms with E-state index in [1.807, 2.05) is 30.3 Å². The Balaban J connectivity index is 1.57. The Kier molecular flexibility index (Phi) is 8.32. The van der Waals surface area contributed by atoms with E-state index in [1.54, 1.807) is 24.3 Å². The van der Waals surface area contributed by atoms with Crippen LogP contribution in [0.3, 0.4) is 0 Å². The Bertz CT molecular complexity index is 1200. The third-order valence-electron chi connectivity index (χ3n) is 4.93. The molecule has 0 saturated heterocycles. The van der Waals surface area contributed by atoms with Gasteiger partial charge in [-0.1, -0.05) is 54.1 Å². The Morgan fingerprint density at radius 2 is 1.58 bits per heavy atom. The van der Waals surface area contributed by atoms with E-state index in [0.717, 1.165) is 11.1 Å². The van der Waals surface area contributed by atoms with Crippen molar-refractivity contribution in [2.24, 2.45) is 0 Å². The molecule has 33 heavy (non-hydrogen) atoms. The molecule has 0 spiro atoms. The molecule has 0 aliphatic rings. The Labute approximate surface area is 198 Å². The van der Waals surface area contributed by atoms with Crippen LogP contribution in [0.25, 0.3) is 0 Å². The van der Waals surface area contributed by atoms with E-state index in [0.29, 0.717) is 28.6 Å². The van der Waals surface area contributed by atoms with Crippen LogP contribution in [0.1, 0.15) is 17.5 Å². The van der Waals surface area contributed by atoms with Crippen LogP contribution in [0.4, 0.5) is 5.69 Å². The molecular formula is C24H25ClN2O5S. The molecule has 0 radical (unpaired) electrons. The summed E-state index contributed by atoms with van der Waals surface area (Å²) in [5.74, 6) is 0.621. The fraction of sp³-hybridized carbons (Fsp3) is 0.208. The summed E-state index contributed by atoms with van der Waals surface area (Å²) in [5, 5.41) is 3.17. The van der Waals surface area contributed by atoms with Crippen molar-refractivity contribution >= 4 is 33.2 Å². The molecule has 0 heterocycles. The van der Waals surface area contributed by atoms with E-state index < -0.39 is 10.0 Å². The van der Waals surface area contributed by atoms with Gasteiger partial charge in [0.05, 0.1) is 29.8 Å². The molecule has 174 valence electrons. The molecule has 3 aromatic rings. The van der Waals surface area contributed by atoms with Crippen molar-refractivity contribution in [1.82, 2.24) is 4.72 Å². The quantitative estimate of drug-likeness (QED) is 0.441. The van der Waals surface area contributed by atoms with Gasteiger partial charge in [0.25, 0.3) is 0 Å². The van der Waals surface area contributed by atoms with E-state index in [2.05, 4.69) is 10.0 Å². The number of sulfonamides is 1. The Hall–Kier alpha value is -3.07. The van der Waals surface area contributed by atoms with Crippen molar-refractivity contribution in [3.63, 3.8) is 0 Å². The predicted octanol–water partition coefficient (Wildman–Crippen LogP) is 4.41. The molecule has 0 bridgehead atoms. The molecule has 0 aromatic heterocycles. The summed E-state index contributed by atoms with van der Waals surface area (Å²) < 4.78 is 38.1. The molecule has 3 aromatic carbocycles. The van der Waals surface area contributed by atoms with Crippen molar-refractivity contribution in [2.75, 3.05) is 19.5 Å². The van der Waals surface area contributed by atoms with Gasteiger partial charge in [-0.05, 0) is 29.7 Å². The number of rotatable bonds is 10. The number of aryl methyl sites for hydroxylation is 1. The van der Waals surface area contributed by atoms with Gasteiger partial charge in [0, 0.05) is 25.1 Å². The number of ether oxygens (including phenoxy) is 2. The van der Waals surface area contributed by atoms with Crippen LogP contribution in [0.15, 0.2) is 71.6 Å². The van der Waals surface area contributed by atoms with Gasteiger partial charge >= 0.3 is 0 Å². The molecular weight excluding hydrogens is 464 g/mol. The van der Waals surface area contributed by atoms with Crippen LogP contribution >= 0.6 is 11.6 Å². The second kappa shape index (κ2) is 11.2. The van der Waals surface area contributed by atoms with Gasteiger partial charge in [0.2, 0.25) is 15.9 Å². The molecule has 2 N–H and O–H groups in total. The highest BCUT2D eigenvalue weighted by Crippen LogP contribution is 2.35. The summed E-state index contributed by atoms with van der Waals surface area (Å²) in [6.45, 7) is 0.212. The molecule has 7 nitrogen and oxygen atoms in total. The Morgan fingerprint density at radius 3 is 2.21 bits per heavy atom. The summed E-state index contributed by atoms with van der Waals surface area (Å²) in [4.78, 5) is 12.6. The minimum atomic E-state index is -3.63. The average molecular weight is 489 g/mol. The number of amides is 1. The van der Waals surface area contributed by atoms with Gasteiger partial charge in [-0.2, -0.15) is 0 Å². The van der Waals surface area contributed by atoms with Gasteiger partial charge in [0.1, 0.15) is 11.5 Å². The molecule has 0 atom stereocenters. The van der Waals surface area contributed by atoms with Crippen molar-refractivity contribution < 1.29 is 22.7 Å². The number of hydrogen-bond acceptors (Lipinski definition) is 5. The number of halogens is 1. The summed E-state index contributed by atoms with van der Waals surface area (Å²) in [5.41, 5.74) is 2.17. The maximum Gasteiger partial charge on any atom is 0.240 e. The second-order valence-electron chi connectivity index (χ2n) is 7.19. The molecule has 9 heteroatoms. The number of nitrogens with one attached hydrogen (secondary N) is 2. The third-order valence-corrected chi connectivity index (χ3v) is 6.64. The molecule has 0 aliphatic heterocycles. The van der Waals surface area contributed by atoms with Crippen molar-refractivity contribution in [2.45, 2.75) is 24.3 Å². The second-order valence-corrected chi connectivity index (χ2v) is 9.36. The van der Waals surface area contributed by atoms with Crippen LogP contribution in [-0.4, -0.2) is 28.5 Å².